The SMILES string of the molecule is COC(=O)OCOc1c2n(ccc1=O)NC1CC(C)(C)CCN1C2=O. The Morgan fingerprint density at radius 1 is 1.40 bits per heavy atom. The number of fused-ring (bicyclic) bond motifs is 2. The molecular weight excluding hydrogens is 330 g/mol. The molecule has 0 radical (unpaired) electrons. The molecule has 1 aromatic rings. The maximum absolute atomic E-state index is 12.9. The number of hydrogen-bond donors (Lipinski definition) is 1. The quantitative estimate of drug-likeness (QED) is 0.643. The molecule has 2 aliphatic rings. The summed E-state index contributed by atoms with van der Waals surface area (Å²) < 4.78 is 15.7. The Hall–Kier alpha value is -2.71. The summed E-state index contributed by atoms with van der Waals surface area (Å²) in [5.74, 6) is -0.447. The van der Waals surface area contributed by atoms with Crippen LogP contribution in [0.25, 0.3) is 0 Å². The molecule has 1 saturated heterocycles. The second-order valence-electron chi connectivity index (χ2n) is 6.85. The van der Waals surface area contributed by atoms with Crippen LogP contribution in [0.1, 0.15) is 37.2 Å². The monoisotopic (exact) mass is 351 g/mol. The first-order valence-electron chi connectivity index (χ1n) is 7.99. The maximum atomic E-state index is 12.9. The number of piperidine rings is 1. The van der Waals surface area contributed by atoms with E-state index in [9.17, 15) is 14.4 Å². The van der Waals surface area contributed by atoms with Gasteiger partial charge in [0.2, 0.25) is 18.0 Å². The third-order valence-electron chi connectivity index (χ3n) is 4.50. The number of rotatable bonds is 3. The highest BCUT2D eigenvalue weighted by Gasteiger charge is 2.41. The highest BCUT2D eigenvalue weighted by atomic mass is 16.8. The fourth-order valence-electron chi connectivity index (χ4n) is 3.13. The van der Waals surface area contributed by atoms with Gasteiger partial charge >= 0.3 is 6.16 Å². The number of nitrogens with zero attached hydrogens (tertiary/aromatic N) is 2. The minimum absolute atomic E-state index is 0.0944. The summed E-state index contributed by atoms with van der Waals surface area (Å²) in [5.41, 5.74) is 2.98. The zero-order valence-electron chi connectivity index (χ0n) is 14.4. The van der Waals surface area contributed by atoms with E-state index in [4.69, 9.17) is 4.74 Å². The average molecular weight is 351 g/mol. The zero-order valence-corrected chi connectivity index (χ0v) is 14.4. The molecule has 25 heavy (non-hydrogen) atoms. The van der Waals surface area contributed by atoms with Crippen LogP contribution in [0.3, 0.4) is 0 Å². The van der Waals surface area contributed by atoms with E-state index in [2.05, 4.69) is 28.7 Å². The number of carbonyl (C=O) groups is 2. The Bertz CT molecular complexity index is 757. The molecule has 9 nitrogen and oxygen atoms in total. The van der Waals surface area contributed by atoms with E-state index in [1.807, 2.05) is 0 Å². The van der Waals surface area contributed by atoms with Crippen LogP contribution < -0.4 is 15.6 Å². The molecule has 1 unspecified atom stereocenters. The van der Waals surface area contributed by atoms with Crippen molar-refractivity contribution < 1.29 is 23.8 Å². The smallest absolute Gasteiger partial charge is 0.451 e. The Labute approximate surface area is 144 Å². The van der Waals surface area contributed by atoms with Gasteiger partial charge in [0.25, 0.3) is 5.91 Å². The number of hydrogen-bond acceptors (Lipinski definition) is 7. The van der Waals surface area contributed by atoms with Crippen LogP contribution in [0, 0.1) is 5.41 Å². The van der Waals surface area contributed by atoms with Crippen molar-refractivity contribution in [2.75, 3.05) is 25.9 Å². The lowest BCUT2D eigenvalue weighted by atomic mass is 9.80. The van der Waals surface area contributed by atoms with Crippen LogP contribution in [0.2, 0.25) is 0 Å². The second kappa shape index (κ2) is 6.30. The maximum Gasteiger partial charge on any atom is 0.510 e. The van der Waals surface area contributed by atoms with Crippen LogP contribution >= 0.6 is 0 Å². The van der Waals surface area contributed by atoms with E-state index >= 15 is 0 Å². The molecule has 1 amide bonds. The van der Waals surface area contributed by atoms with Crippen molar-refractivity contribution in [3.8, 4) is 5.75 Å². The number of carbonyl (C=O) groups excluding carboxylic acids is 2. The number of nitrogens with one attached hydrogen (secondary N) is 1. The van der Waals surface area contributed by atoms with Crippen molar-refractivity contribution in [3.05, 3.63) is 28.2 Å². The minimum Gasteiger partial charge on any atom is -0.451 e. The largest absolute Gasteiger partial charge is 0.510 e. The highest BCUT2D eigenvalue weighted by molar-refractivity contribution is 5.96. The topological polar surface area (TPSA) is 99.1 Å². The van der Waals surface area contributed by atoms with Gasteiger partial charge < -0.3 is 24.5 Å². The van der Waals surface area contributed by atoms with Gasteiger partial charge in [0.15, 0.2) is 5.69 Å². The van der Waals surface area contributed by atoms with Crippen molar-refractivity contribution in [2.45, 2.75) is 32.9 Å². The summed E-state index contributed by atoms with van der Waals surface area (Å²) in [6.45, 7) is 4.39. The third-order valence-corrected chi connectivity index (χ3v) is 4.50. The van der Waals surface area contributed by atoms with Gasteiger partial charge in [0, 0.05) is 18.8 Å². The Morgan fingerprint density at radius 3 is 2.88 bits per heavy atom. The molecule has 1 atom stereocenters. The van der Waals surface area contributed by atoms with Gasteiger partial charge in [-0.2, -0.15) is 0 Å². The summed E-state index contributed by atoms with van der Waals surface area (Å²) in [6.07, 6.45) is 2.09. The molecule has 0 bridgehead atoms. The molecule has 9 heteroatoms. The summed E-state index contributed by atoms with van der Waals surface area (Å²) in [7, 11) is 1.16. The van der Waals surface area contributed by atoms with Crippen molar-refractivity contribution in [1.82, 2.24) is 9.58 Å². The minimum atomic E-state index is -0.937. The molecule has 3 heterocycles. The van der Waals surface area contributed by atoms with Crippen LogP contribution in [0.4, 0.5) is 4.79 Å². The molecule has 136 valence electrons. The number of aromatic nitrogens is 1. The molecule has 1 fully saturated rings. The van der Waals surface area contributed by atoms with Gasteiger partial charge in [0.05, 0.1) is 7.11 Å². The van der Waals surface area contributed by atoms with Crippen molar-refractivity contribution in [2.24, 2.45) is 5.41 Å². The highest BCUT2D eigenvalue weighted by Crippen LogP contribution is 2.36. The molecular formula is C16H21N3O6. The van der Waals surface area contributed by atoms with Gasteiger partial charge in [-0.3, -0.25) is 14.3 Å². The number of amides is 1. The van der Waals surface area contributed by atoms with Gasteiger partial charge in [-0.25, -0.2) is 4.79 Å². The molecule has 0 aromatic carbocycles. The fraction of sp³-hybridized carbons (Fsp3) is 0.562. The lowest BCUT2D eigenvalue weighted by molar-refractivity contribution is 0.0127. The fourth-order valence-corrected chi connectivity index (χ4v) is 3.13. The molecule has 3 rings (SSSR count). The first-order chi connectivity index (χ1) is 11.8. The first kappa shape index (κ1) is 17.1. The van der Waals surface area contributed by atoms with E-state index in [1.165, 1.54) is 16.9 Å². The van der Waals surface area contributed by atoms with Crippen molar-refractivity contribution in [3.63, 3.8) is 0 Å². The lowest BCUT2D eigenvalue weighted by Gasteiger charge is -2.47. The average Bonchev–Trinajstić information content (AvgIpc) is 2.55. The predicted octanol–water partition coefficient (Wildman–Crippen LogP) is 1.11. The van der Waals surface area contributed by atoms with E-state index in [0.29, 0.717) is 6.54 Å². The van der Waals surface area contributed by atoms with E-state index in [1.54, 1.807) is 4.90 Å². The number of pyridine rings is 1. The van der Waals surface area contributed by atoms with E-state index in [-0.39, 0.29) is 28.9 Å². The lowest BCUT2D eigenvalue weighted by Crippen LogP contribution is -2.58. The van der Waals surface area contributed by atoms with Crippen LogP contribution in [0.5, 0.6) is 5.75 Å². The molecule has 1 N–H and O–H groups in total. The summed E-state index contributed by atoms with van der Waals surface area (Å²) in [5, 5.41) is 0. The van der Waals surface area contributed by atoms with E-state index in [0.717, 1.165) is 20.0 Å². The Morgan fingerprint density at radius 2 is 2.16 bits per heavy atom. The van der Waals surface area contributed by atoms with E-state index < -0.39 is 18.4 Å². The van der Waals surface area contributed by atoms with Gasteiger partial charge in [-0.1, -0.05) is 13.8 Å². The molecule has 0 saturated carbocycles. The van der Waals surface area contributed by atoms with Crippen molar-refractivity contribution >= 4 is 12.1 Å². The Kier molecular flexibility index (Phi) is 4.32. The number of methoxy groups -OCH3 is 1. The number of ether oxygens (including phenoxy) is 3. The summed E-state index contributed by atoms with van der Waals surface area (Å²) in [6, 6.07) is 1.29. The predicted molar refractivity (Wildman–Crippen MR) is 86.9 cm³/mol. The zero-order chi connectivity index (χ0) is 18.2. The molecule has 0 aliphatic carbocycles. The van der Waals surface area contributed by atoms with Crippen LogP contribution in [-0.2, 0) is 9.47 Å². The third kappa shape index (κ3) is 3.26. The Balaban J connectivity index is 1.88. The molecule has 1 aromatic heterocycles. The van der Waals surface area contributed by atoms with Gasteiger partial charge in [0.1, 0.15) is 6.17 Å². The first-order valence-corrected chi connectivity index (χ1v) is 7.99. The second-order valence-corrected chi connectivity index (χ2v) is 6.85. The summed E-state index contributed by atoms with van der Waals surface area (Å²) in [4.78, 5) is 37.7. The van der Waals surface area contributed by atoms with Gasteiger partial charge in [-0.15, -0.1) is 0 Å². The van der Waals surface area contributed by atoms with Crippen molar-refractivity contribution in [1.29, 1.82) is 0 Å². The van der Waals surface area contributed by atoms with Crippen LogP contribution in [0.15, 0.2) is 17.1 Å². The van der Waals surface area contributed by atoms with Gasteiger partial charge in [-0.05, 0) is 18.3 Å². The van der Waals surface area contributed by atoms with Crippen LogP contribution in [-0.4, -0.2) is 48.3 Å². The standard InChI is InChI=1S/C16H21N3O6/c1-16(2)5-7-18-11(8-16)17-19-6-4-10(20)13(12(19)14(18)21)24-9-25-15(22)23-3/h4,6,11,17H,5,7-9H2,1-3H3. The molecule has 0 spiro atoms. The molecule has 2 aliphatic heterocycles. The normalized spacial score (nSPS) is 20.8. The summed E-state index contributed by atoms with van der Waals surface area (Å²) >= 11 is 0.